The fourth-order valence-corrected chi connectivity index (χ4v) is 1.72. The Balaban J connectivity index is 2.20. The molecule has 96 valence electrons. The number of ether oxygens (including phenoxy) is 1. The Kier molecular flexibility index (Phi) is 3.57. The number of hydrogen-bond donors (Lipinski definition) is 0. The minimum absolute atomic E-state index is 0.000793. The second-order valence-corrected chi connectivity index (χ2v) is 4.40. The smallest absolute Gasteiger partial charge is 0.311 e. The lowest BCUT2D eigenvalue weighted by atomic mass is 10.1. The van der Waals surface area contributed by atoms with Gasteiger partial charge in [0.15, 0.2) is 5.75 Å². The highest BCUT2D eigenvalue weighted by molar-refractivity contribution is 5.86. The van der Waals surface area contributed by atoms with E-state index in [1.165, 1.54) is 6.07 Å². The van der Waals surface area contributed by atoms with Crippen LogP contribution in [0.3, 0.4) is 0 Å². The molecule has 6 heteroatoms. The maximum Gasteiger partial charge on any atom is 0.311 e. The molecule has 0 aromatic heterocycles. The normalized spacial score (nSPS) is 12.8. The summed E-state index contributed by atoms with van der Waals surface area (Å²) in [6.07, 6.45) is 1.66. The third-order valence-corrected chi connectivity index (χ3v) is 2.71. The number of aliphatic imine (C=N–C) groups is 1. The highest BCUT2D eigenvalue weighted by Crippen LogP contribution is 2.32. The van der Waals surface area contributed by atoms with Crippen molar-refractivity contribution in [3.8, 4) is 5.75 Å². The van der Waals surface area contributed by atoms with Crippen LogP contribution in [0.5, 0.6) is 5.75 Å². The van der Waals surface area contributed by atoms with E-state index in [1.54, 1.807) is 12.3 Å². The van der Waals surface area contributed by atoms with Crippen LogP contribution in [0.15, 0.2) is 17.1 Å². The number of rotatable bonds is 5. The van der Waals surface area contributed by atoms with Crippen molar-refractivity contribution in [2.24, 2.45) is 4.99 Å². The number of likely N-dealkylation sites (N-methyl/N-ethyl adjacent to an activating group) is 1. The number of fused-ring (bicyclic) bond motifs is 1. The van der Waals surface area contributed by atoms with Crippen LogP contribution in [-0.4, -0.2) is 43.3 Å². The highest BCUT2D eigenvalue weighted by Gasteiger charge is 2.20. The molecule has 0 spiro atoms. The first-order chi connectivity index (χ1) is 8.58. The zero-order valence-electron chi connectivity index (χ0n) is 10.4. The Morgan fingerprint density at radius 2 is 2.28 bits per heavy atom. The van der Waals surface area contributed by atoms with Crippen LogP contribution in [0, 0.1) is 10.1 Å². The van der Waals surface area contributed by atoms with Crippen molar-refractivity contribution in [2.45, 2.75) is 6.54 Å². The molecule has 0 bridgehead atoms. The SMILES string of the molecule is CN(C)CCOc1cc2c(cc1[N+](=O)[O-])C=NC2. The summed E-state index contributed by atoms with van der Waals surface area (Å²) < 4.78 is 5.50. The molecule has 1 heterocycles. The van der Waals surface area contributed by atoms with Crippen LogP contribution in [0.2, 0.25) is 0 Å². The lowest BCUT2D eigenvalue weighted by Gasteiger charge is -2.12. The molecule has 18 heavy (non-hydrogen) atoms. The van der Waals surface area contributed by atoms with Gasteiger partial charge in [-0.25, -0.2) is 0 Å². The molecule has 0 amide bonds. The van der Waals surface area contributed by atoms with Crippen molar-refractivity contribution in [1.29, 1.82) is 0 Å². The topological polar surface area (TPSA) is 68.0 Å². The summed E-state index contributed by atoms with van der Waals surface area (Å²) in [6, 6.07) is 3.24. The number of nitrogens with zero attached hydrogens (tertiary/aromatic N) is 3. The summed E-state index contributed by atoms with van der Waals surface area (Å²) in [5.41, 5.74) is 1.78. The van der Waals surface area contributed by atoms with Crippen LogP contribution in [-0.2, 0) is 6.54 Å². The van der Waals surface area contributed by atoms with Gasteiger partial charge in [0.05, 0.1) is 11.5 Å². The van der Waals surface area contributed by atoms with Gasteiger partial charge in [-0.1, -0.05) is 0 Å². The fraction of sp³-hybridized carbons (Fsp3) is 0.417. The van der Waals surface area contributed by atoms with E-state index in [2.05, 4.69) is 4.99 Å². The molecule has 0 unspecified atom stereocenters. The number of nitro groups is 1. The molecule has 0 N–H and O–H groups in total. The van der Waals surface area contributed by atoms with Gasteiger partial charge in [-0.15, -0.1) is 0 Å². The summed E-state index contributed by atoms with van der Waals surface area (Å²) in [4.78, 5) is 16.6. The van der Waals surface area contributed by atoms with Gasteiger partial charge in [-0.2, -0.15) is 0 Å². The van der Waals surface area contributed by atoms with Gasteiger partial charge < -0.3 is 9.64 Å². The van der Waals surface area contributed by atoms with E-state index in [0.717, 1.165) is 11.1 Å². The zero-order chi connectivity index (χ0) is 13.1. The molecule has 0 fully saturated rings. The maximum atomic E-state index is 11.0. The molecule has 0 radical (unpaired) electrons. The molecule has 1 aromatic carbocycles. The summed E-state index contributed by atoms with van der Waals surface area (Å²) in [5, 5.41) is 11.0. The van der Waals surface area contributed by atoms with Gasteiger partial charge in [0.2, 0.25) is 0 Å². The zero-order valence-corrected chi connectivity index (χ0v) is 10.4. The van der Waals surface area contributed by atoms with E-state index in [-0.39, 0.29) is 5.69 Å². The third kappa shape index (κ3) is 2.65. The lowest BCUT2D eigenvalue weighted by Crippen LogP contribution is -2.19. The molecule has 1 aromatic rings. The van der Waals surface area contributed by atoms with Crippen molar-refractivity contribution in [3.05, 3.63) is 33.4 Å². The largest absolute Gasteiger partial charge is 0.485 e. The van der Waals surface area contributed by atoms with Crippen LogP contribution < -0.4 is 4.74 Å². The van der Waals surface area contributed by atoms with Crippen LogP contribution in [0.25, 0.3) is 0 Å². The second kappa shape index (κ2) is 5.14. The summed E-state index contributed by atoms with van der Waals surface area (Å²) >= 11 is 0. The molecule has 1 aliphatic heterocycles. The Bertz CT molecular complexity index is 498. The van der Waals surface area contributed by atoms with Crippen molar-refractivity contribution in [1.82, 2.24) is 4.90 Å². The number of nitro benzene ring substituents is 1. The molecule has 0 aliphatic carbocycles. The Labute approximate surface area is 105 Å². The van der Waals surface area contributed by atoms with E-state index >= 15 is 0 Å². The highest BCUT2D eigenvalue weighted by atomic mass is 16.6. The van der Waals surface area contributed by atoms with Crippen molar-refractivity contribution in [3.63, 3.8) is 0 Å². The first-order valence-electron chi connectivity index (χ1n) is 5.66. The molecule has 6 nitrogen and oxygen atoms in total. The van der Waals surface area contributed by atoms with E-state index in [9.17, 15) is 10.1 Å². The lowest BCUT2D eigenvalue weighted by molar-refractivity contribution is -0.385. The molecule has 0 atom stereocenters. The van der Waals surface area contributed by atoms with Gasteiger partial charge in [0.25, 0.3) is 0 Å². The summed E-state index contributed by atoms with van der Waals surface area (Å²) in [7, 11) is 3.85. The number of hydrogen-bond acceptors (Lipinski definition) is 5. The molecule has 0 saturated heterocycles. The minimum Gasteiger partial charge on any atom is -0.485 e. The van der Waals surface area contributed by atoms with E-state index in [1.807, 2.05) is 19.0 Å². The quantitative estimate of drug-likeness (QED) is 0.585. The van der Waals surface area contributed by atoms with Crippen molar-refractivity contribution < 1.29 is 9.66 Å². The Morgan fingerprint density at radius 1 is 1.50 bits per heavy atom. The van der Waals surface area contributed by atoms with Crippen molar-refractivity contribution >= 4 is 11.9 Å². The van der Waals surface area contributed by atoms with Crippen LogP contribution >= 0.6 is 0 Å². The second-order valence-electron chi connectivity index (χ2n) is 4.40. The first-order valence-corrected chi connectivity index (χ1v) is 5.66. The predicted octanol–water partition coefficient (Wildman–Crippen LogP) is 1.47. The van der Waals surface area contributed by atoms with Gasteiger partial charge >= 0.3 is 5.69 Å². The summed E-state index contributed by atoms with van der Waals surface area (Å²) in [5.74, 6) is 0.325. The molecular weight excluding hydrogens is 234 g/mol. The predicted molar refractivity (Wildman–Crippen MR) is 68.4 cm³/mol. The molecule has 1 aliphatic rings. The van der Waals surface area contributed by atoms with Gasteiger partial charge in [-0.3, -0.25) is 15.1 Å². The van der Waals surface area contributed by atoms with Gasteiger partial charge in [-0.05, 0) is 25.7 Å². The van der Waals surface area contributed by atoms with Gasteiger partial charge in [0.1, 0.15) is 6.61 Å². The Hall–Kier alpha value is -1.95. The molecule has 0 saturated carbocycles. The minimum atomic E-state index is -0.419. The fourth-order valence-electron chi connectivity index (χ4n) is 1.72. The van der Waals surface area contributed by atoms with Crippen molar-refractivity contribution in [2.75, 3.05) is 27.2 Å². The standard InChI is InChI=1S/C12H15N3O3/c1-14(2)3-4-18-12-6-10-8-13-7-9(10)5-11(12)15(16)17/h5-7H,3-4,8H2,1-2H3. The van der Waals surface area contributed by atoms with Crippen LogP contribution in [0.4, 0.5) is 5.69 Å². The Morgan fingerprint density at radius 3 is 2.94 bits per heavy atom. The van der Waals surface area contributed by atoms with E-state index < -0.39 is 4.92 Å². The average Bonchev–Trinajstić information content (AvgIpc) is 2.74. The average molecular weight is 249 g/mol. The van der Waals surface area contributed by atoms with E-state index in [0.29, 0.717) is 25.4 Å². The molecular formula is C12H15N3O3. The molecule has 2 rings (SSSR count). The summed E-state index contributed by atoms with van der Waals surface area (Å²) in [6.45, 7) is 1.70. The first kappa shape index (κ1) is 12.5. The van der Waals surface area contributed by atoms with Gasteiger partial charge in [0, 0.05) is 24.4 Å². The number of benzene rings is 1. The van der Waals surface area contributed by atoms with Crippen LogP contribution in [0.1, 0.15) is 11.1 Å². The monoisotopic (exact) mass is 249 g/mol. The van der Waals surface area contributed by atoms with E-state index in [4.69, 9.17) is 4.74 Å². The third-order valence-electron chi connectivity index (χ3n) is 2.71. The maximum absolute atomic E-state index is 11.0.